The third-order valence-corrected chi connectivity index (χ3v) is 5.68. The average molecular weight is 340 g/mol. The molecule has 0 aromatic heterocycles. The summed E-state index contributed by atoms with van der Waals surface area (Å²) < 4.78 is 25.2. The highest BCUT2D eigenvalue weighted by atomic mass is 32.2. The molecule has 0 heterocycles. The first-order chi connectivity index (χ1) is 10.7. The van der Waals surface area contributed by atoms with Gasteiger partial charge in [-0.2, -0.15) is 0 Å². The molecule has 23 heavy (non-hydrogen) atoms. The second kappa shape index (κ2) is 8.45. The first kappa shape index (κ1) is 19.6. The minimum atomic E-state index is -3.42. The van der Waals surface area contributed by atoms with E-state index in [0.717, 1.165) is 18.4 Å². The summed E-state index contributed by atoms with van der Waals surface area (Å²) in [6.07, 6.45) is 2.63. The largest absolute Gasteiger partial charge is 0.350 e. The fourth-order valence-electron chi connectivity index (χ4n) is 2.43. The highest BCUT2D eigenvalue weighted by Gasteiger charge is 2.18. The fourth-order valence-corrected chi connectivity index (χ4v) is 3.34. The van der Waals surface area contributed by atoms with Gasteiger partial charge in [0.15, 0.2) is 0 Å². The monoisotopic (exact) mass is 340 g/mol. The third-order valence-electron chi connectivity index (χ3n) is 3.85. The predicted molar refractivity (Wildman–Crippen MR) is 92.6 cm³/mol. The van der Waals surface area contributed by atoms with Crippen LogP contribution in [0.2, 0.25) is 0 Å². The number of benzene rings is 1. The molecule has 5 nitrogen and oxygen atoms in total. The van der Waals surface area contributed by atoms with Crippen molar-refractivity contribution in [3.8, 4) is 0 Å². The summed E-state index contributed by atoms with van der Waals surface area (Å²) in [5.74, 6) is 0.406. The van der Waals surface area contributed by atoms with Crippen molar-refractivity contribution in [2.45, 2.75) is 51.0 Å². The SMILES string of the molecule is CCC[C@H](C)CC(=O)N[C@@H](C)c1ccc(S(=O)(=O)N(C)C)cc1. The Morgan fingerprint density at radius 1 is 1.17 bits per heavy atom. The van der Waals surface area contributed by atoms with Gasteiger partial charge >= 0.3 is 0 Å². The molecule has 1 aromatic carbocycles. The Hall–Kier alpha value is -1.40. The number of sulfonamides is 1. The highest BCUT2D eigenvalue weighted by molar-refractivity contribution is 7.89. The summed E-state index contributed by atoms with van der Waals surface area (Å²) in [6.45, 7) is 6.09. The van der Waals surface area contributed by atoms with E-state index in [4.69, 9.17) is 0 Å². The lowest BCUT2D eigenvalue weighted by Gasteiger charge is -2.17. The summed E-state index contributed by atoms with van der Waals surface area (Å²) in [4.78, 5) is 12.3. The van der Waals surface area contributed by atoms with E-state index in [1.807, 2.05) is 6.92 Å². The number of nitrogens with zero attached hydrogens (tertiary/aromatic N) is 1. The van der Waals surface area contributed by atoms with E-state index >= 15 is 0 Å². The molecule has 1 amide bonds. The molecule has 1 rings (SSSR count). The van der Waals surface area contributed by atoms with E-state index in [9.17, 15) is 13.2 Å². The molecule has 0 saturated heterocycles. The van der Waals surface area contributed by atoms with E-state index in [1.165, 1.54) is 18.4 Å². The van der Waals surface area contributed by atoms with Crippen LogP contribution in [0.15, 0.2) is 29.2 Å². The highest BCUT2D eigenvalue weighted by Crippen LogP contribution is 2.19. The minimum Gasteiger partial charge on any atom is -0.350 e. The summed E-state index contributed by atoms with van der Waals surface area (Å²) in [5, 5.41) is 2.97. The Bertz CT molecular complexity index is 609. The van der Waals surface area contributed by atoms with Crippen molar-refractivity contribution in [3.05, 3.63) is 29.8 Å². The van der Waals surface area contributed by atoms with Crippen LogP contribution in [0.4, 0.5) is 0 Å². The van der Waals surface area contributed by atoms with Crippen LogP contribution in [0.3, 0.4) is 0 Å². The van der Waals surface area contributed by atoms with Gasteiger partial charge in [-0.1, -0.05) is 38.8 Å². The second-order valence-corrected chi connectivity index (χ2v) is 8.40. The predicted octanol–water partition coefficient (Wildman–Crippen LogP) is 2.94. The minimum absolute atomic E-state index is 0.0310. The zero-order valence-electron chi connectivity index (χ0n) is 14.7. The lowest BCUT2D eigenvalue weighted by molar-refractivity contribution is -0.122. The van der Waals surface area contributed by atoms with Crippen molar-refractivity contribution in [1.82, 2.24) is 9.62 Å². The molecule has 0 bridgehead atoms. The molecule has 0 aliphatic heterocycles. The van der Waals surface area contributed by atoms with Gasteiger partial charge < -0.3 is 5.32 Å². The Balaban J connectivity index is 2.71. The van der Waals surface area contributed by atoms with Crippen molar-refractivity contribution in [1.29, 1.82) is 0 Å². The Morgan fingerprint density at radius 3 is 2.22 bits per heavy atom. The number of nitrogens with one attached hydrogen (secondary N) is 1. The van der Waals surface area contributed by atoms with Crippen LogP contribution in [0.25, 0.3) is 0 Å². The Kier molecular flexibility index (Phi) is 7.22. The first-order valence-electron chi connectivity index (χ1n) is 8.00. The Morgan fingerprint density at radius 2 is 1.74 bits per heavy atom. The van der Waals surface area contributed by atoms with Gasteiger partial charge in [-0.15, -0.1) is 0 Å². The zero-order valence-corrected chi connectivity index (χ0v) is 15.5. The molecule has 1 N–H and O–H groups in total. The maximum absolute atomic E-state index is 12.0. The van der Waals surface area contributed by atoms with Crippen molar-refractivity contribution in [2.75, 3.05) is 14.1 Å². The summed E-state index contributed by atoms with van der Waals surface area (Å²) in [5.41, 5.74) is 0.888. The van der Waals surface area contributed by atoms with Gasteiger partial charge in [0, 0.05) is 20.5 Å². The van der Waals surface area contributed by atoms with E-state index in [2.05, 4.69) is 19.2 Å². The van der Waals surface area contributed by atoms with Gasteiger partial charge in [0.05, 0.1) is 10.9 Å². The summed E-state index contributed by atoms with van der Waals surface area (Å²) in [7, 11) is -0.412. The molecule has 0 aliphatic rings. The van der Waals surface area contributed by atoms with Crippen LogP contribution in [0.5, 0.6) is 0 Å². The van der Waals surface area contributed by atoms with E-state index < -0.39 is 10.0 Å². The van der Waals surface area contributed by atoms with Crippen molar-refractivity contribution >= 4 is 15.9 Å². The van der Waals surface area contributed by atoms with E-state index in [0.29, 0.717) is 12.3 Å². The van der Waals surface area contributed by atoms with Crippen molar-refractivity contribution in [2.24, 2.45) is 5.92 Å². The number of rotatable bonds is 8. The molecule has 0 fully saturated rings. The van der Waals surface area contributed by atoms with E-state index in [-0.39, 0.29) is 16.8 Å². The normalized spacial score (nSPS) is 14.5. The van der Waals surface area contributed by atoms with Gasteiger partial charge in [-0.3, -0.25) is 4.79 Å². The smallest absolute Gasteiger partial charge is 0.242 e. The van der Waals surface area contributed by atoms with Gasteiger partial charge in [0.2, 0.25) is 15.9 Å². The van der Waals surface area contributed by atoms with Crippen LogP contribution in [-0.4, -0.2) is 32.7 Å². The lowest BCUT2D eigenvalue weighted by Crippen LogP contribution is -2.28. The number of carbonyl (C=O) groups excluding carboxylic acids is 1. The molecule has 130 valence electrons. The van der Waals surface area contributed by atoms with Gasteiger partial charge in [0.1, 0.15) is 0 Å². The molecule has 0 unspecified atom stereocenters. The maximum atomic E-state index is 12.0. The molecule has 0 saturated carbocycles. The molecule has 6 heteroatoms. The van der Waals surface area contributed by atoms with Gasteiger partial charge in [-0.25, -0.2) is 12.7 Å². The maximum Gasteiger partial charge on any atom is 0.242 e. The van der Waals surface area contributed by atoms with Gasteiger partial charge in [-0.05, 0) is 30.5 Å². The zero-order chi connectivity index (χ0) is 17.6. The van der Waals surface area contributed by atoms with Crippen LogP contribution in [0, 0.1) is 5.92 Å². The van der Waals surface area contributed by atoms with Gasteiger partial charge in [0.25, 0.3) is 0 Å². The van der Waals surface area contributed by atoms with E-state index in [1.54, 1.807) is 24.3 Å². The summed E-state index contributed by atoms with van der Waals surface area (Å²) in [6, 6.07) is 6.50. The molecule has 2 atom stereocenters. The Labute approximate surface area is 140 Å². The molecule has 0 spiro atoms. The molecule has 1 aromatic rings. The molecular weight excluding hydrogens is 312 g/mol. The quantitative estimate of drug-likeness (QED) is 0.791. The second-order valence-electron chi connectivity index (χ2n) is 6.24. The topological polar surface area (TPSA) is 66.5 Å². The third kappa shape index (κ3) is 5.62. The average Bonchev–Trinajstić information content (AvgIpc) is 2.47. The summed E-state index contributed by atoms with van der Waals surface area (Å²) >= 11 is 0. The lowest BCUT2D eigenvalue weighted by atomic mass is 10.0. The number of carbonyl (C=O) groups is 1. The molecule has 0 radical (unpaired) electrons. The van der Waals surface area contributed by atoms with Crippen molar-refractivity contribution in [3.63, 3.8) is 0 Å². The van der Waals surface area contributed by atoms with Crippen LogP contribution >= 0.6 is 0 Å². The first-order valence-corrected chi connectivity index (χ1v) is 9.44. The molecular formula is C17H28N2O3S. The van der Waals surface area contributed by atoms with Crippen LogP contribution in [-0.2, 0) is 14.8 Å². The number of hydrogen-bond donors (Lipinski definition) is 1. The number of hydrogen-bond acceptors (Lipinski definition) is 3. The fraction of sp³-hybridized carbons (Fsp3) is 0.588. The standard InChI is InChI=1S/C17H28N2O3S/c1-6-7-13(2)12-17(20)18-14(3)15-8-10-16(11-9-15)23(21,22)19(4)5/h8-11,13-14H,6-7,12H2,1-5H3,(H,18,20)/t13-,14-/m0/s1. The number of amides is 1. The molecule has 0 aliphatic carbocycles. The van der Waals surface area contributed by atoms with Crippen molar-refractivity contribution < 1.29 is 13.2 Å². The van der Waals surface area contributed by atoms with Crippen LogP contribution < -0.4 is 5.32 Å². The van der Waals surface area contributed by atoms with Crippen LogP contribution in [0.1, 0.15) is 51.6 Å².